The molecular weight excluding hydrogens is 252 g/mol. The van der Waals surface area contributed by atoms with Crippen molar-refractivity contribution in [2.24, 2.45) is 0 Å². The van der Waals surface area contributed by atoms with E-state index in [-0.39, 0.29) is 6.04 Å². The van der Waals surface area contributed by atoms with Gasteiger partial charge in [0.2, 0.25) is 0 Å². The Morgan fingerprint density at radius 3 is 2.35 bits per heavy atom. The Bertz CT molecular complexity index is 454. The van der Waals surface area contributed by atoms with Crippen LogP contribution in [0.3, 0.4) is 0 Å². The minimum absolute atomic E-state index is 0.375. The zero-order chi connectivity index (χ0) is 14.5. The van der Waals surface area contributed by atoms with E-state index < -0.39 is 5.97 Å². The summed E-state index contributed by atoms with van der Waals surface area (Å²) >= 11 is 0. The minimum Gasteiger partial charge on any atom is -0.480 e. The number of hydrogen-bond acceptors (Lipinski definition) is 3. The Morgan fingerprint density at radius 2 is 1.80 bits per heavy atom. The molecule has 0 saturated carbocycles. The van der Waals surface area contributed by atoms with E-state index in [4.69, 9.17) is 5.11 Å². The highest BCUT2D eigenvalue weighted by Crippen LogP contribution is 2.14. The van der Waals surface area contributed by atoms with Crippen molar-refractivity contribution in [2.75, 3.05) is 26.2 Å². The Labute approximate surface area is 121 Å². The van der Waals surface area contributed by atoms with Gasteiger partial charge < -0.3 is 5.11 Å². The molecule has 1 unspecified atom stereocenters. The van der Waals surface area contributed by atoms with Gasteiger partial charge in [-0.15, -0.1) is 0 Å². The van der Waals surface area contributed by atoms with Crippen LogP contribution in [-0.2, 0) is 17.8 Å². The third-order valence-electron chi connectivity index (χ3n) is 4.21. The van der Waals surface area contributed by atoms with E-state index in [0.717, 1.165) is 39.1 Å². The number of hydrogen-bond donors (Lipinski definition) is 1. The van der Waals surface area contributed by atoms with Gasteiger partial charge in [-0.2, -0.15) is 0 Å². The molecule has 1 saturated heterocycles. The Kier molecular flexibility index (Phi) is 5.15. The number of piperazine rings is 1. The van der Waals surface area contributed by atoms with Crippen LogP contribution in [0.1, 0.15) is 25.0 Å². The lowest BCUT2D eigenvalue weighted by Gasteiger charge is -2.36. The monoisotopic (exact) mass is 276 g/mol. The Hall–Kier alpha value is -1.39. The number of aliphatic carboxylic acids is 1. The molecule has 1 aromatic carbocycles. The molecule has 4 heteroatoms. The summed E-state index contributed by atoms with van der Waals surface area (Å²) in [7, 11) is 0. The van der Waals surface area contributed by atoms with Gasteiger partial charge in [0.1, 0.15) is 6.04 Å². The summed E-state index contributed by atoms with van der Waals surface area (Å²) in [5.74, 6) is -0.727. The van der Waals surface area contributed by atoms with Gasteiger partial charge in [0, 0.05) is 32.7 Å². The molecule has 110 valence electrons. The quantitative estimate of drug-likeness (QED) is 0.891. The van der Waals surface area contributed by atoms with Crippen molar-refractivity contribution < 1.29 is 9.90 Å². The first-order chi connectivity index (χ1) is 9.61. The minimum atomic E-state index is -0.727. The van der Waals surface area contributed by atoms with E-state index >= 15 is 0 Å². The molecule has 0 aromatic heterocycles. The molecule has 4 nitrogen and oxygen atoms in total. The van der Waals surface area contributed by atoms with Crippen LogP contribution < -0.4 is 0 Å². The predicted molar refractivity (Wildman–Crippen MR) is 79.8 cm³/mol. The van der Waals surface area contributed by atoms with E-state index in [9.17, 15) is 4.79 Å². The zero-order valence-corrected chi connectivity index (χ0v) is 12.4. The summed E-state index contributed by atoms with van der Waals surface area (Å²) in [5.41, 5.74) is 2.81. The smallest absolute Gasteiger partial charge is 0.320 e. The standard InChI is InChI=1S/C16H24N2O2/c1-3-14-6-4-5-7-15(14)12-17-8-10-18(11-9-17)13(2)16(19)20/h4-7,13H,3,8-12H2,1-2H3,(H,19,20). The Balaban J connectivity index is 1.90. The second-order valence-electron chi connectivity index (χ2n) is 5.45. The van der Waals surface area contributed by atoms with Crippen LogP contribution in [0.15, 0.2) is 24.3 Å². The lowest BCUT2D eigenvalue weighted by molar-refractivity contribution is -0.143. The average Bonchev–Trinajstić information content (AvgIpc) is 2.48. The van der Waals surface area contributed by atoms with Crippen molar-refractivity contribution in [3.05, 3.63) is 35.4 Å². The van der Waals surface area contributed by atoms with Gasteiger partial charge in [-0.3, -0.25) is 14.6 Å². The first-order valence-corrected chi connectivity index (χ1v) is 7.37. The number of rotatable bonds is 5. The fraction of sp³-hybridized carbons (Fsp3) is 0.562. The molecule has 1 N–H and O–H groups in total. The topological polar surface area (TPSA) is 43.8 Å². The molecule has 1 aliphatic rings. The molecule has 0 bridgehead atoms. The molecule has 1 atom stereocenters. The summed E-state index contributed by atoms with van der Waals surface area (Å²) in [6, 6.07) is 8.20. The fourth-order valence-corrected chi connectivity index (χ4v) is 2.76. The van der Waals surface area contributed by atoms with Crippen LogP contribution in [0.5, 0.6) is 0 Å². The molecule has 1 aliphatic heterocycles. The molecule has 0 amide bonds. The molecule has 1 fully saturated rings. The molecular formula is C16H24N2O2. The van der Waals surface area contributed by atoms with Crippen molar-refractivity contribution in [3.63, 3.8) is 0 Å². The van der Waals surface area contributed by atoms with Gasteiger partial charge in [0.15, 0.2) is 0 Å². The SMILES string of the molecule is CCc1ccccc1CN1CCN(C(C)C(=O)O)CC1. The molecule has 1 aromatic rings. The van der Waals surface area contributed by atoms with Gasteiger partial charge >= 0.3 is 5.97 Å². The number of carbonyl (C=O) groups is 1. The first-order valence-electron chi connectivity index (χ1n) is 7.37. The van der Waals surface area contributed by atoms with Crippen molar-refractivity contribution in [2.45, 2.75) is 32.9 Å². The van der Waals surface area contributed by atoms with Crippen LogP contribution in [-0.4, -0.2) is 53.1 Å². The number of aryl methyl sites for hydroxylation is 1. The maximum atomic E-state index is 11.0. The lowest BCUT2D eigenvalue weighted by atomic mass is 10.0. The van der Waals surface area contributed by atoms with Gasteiger partial charge in [0.05, 0.1) is 0 Å². The largest absolute Gasteiger partial charge is 0.480 e. The van der Waals surface area contributed by atoms with E-state index in [1.807, 2.05) is 4.90 Å². The van der Waals surface area contributed by atoms with Crippen LogP contribution in [0.2, 0.25) is 0 Å². The lowest BCUT2D eigenvalue weighted by Crippen LogP contribution is -2.51. The van der Waals surface area contributed by atoms with E-state index in [0.29, 0.717) is 0 Å². The third-order valence-corrected chi connectivity index (χ3v) is 4.21. The summed E-state index contributed by atoms with van der Waals surface area (Å²) < 4.78 is 0. The van der Waals surface area contributed by atoms with Crippen molar-refractivity contribution in [1.29, 1.82) is 0 Å². The maximum absolute atomic E-state index is 11.0. The Morgan fingerprint density at radius 1 is 1.20 bits per heavy atom. The number of carboxylic acids is 1. The molecule has 1 heterocycles. The van der Waals surface area contributed by atoms with Crippen molar-refractivity contribution in [3.8, 4) is 0 Å². The second kappa shape index (κ2) is 6.86. The first kappa shape index (κ1) is 15.0. The molecule has 20 heavy (non-hydrogen) atoms. The van der Waals surface area contributed by atoms with E-state index in [1.165, 1.54) is 11.1 Å². The van der Waals surface area contributed by atoms with Crippen molar-refractivity contribution >= 4 is 5.97 Å². The number of benzene rings is 1. The van der Waals surface area contributed by atoms with Crippen LogP contribution in [0.25, 0.3) is 0 Å². The maximum Gasteiger partial charge on any atom is 0.320 e. The zero-order valence-electron chi connectivity index (χ0n) is 12.4. The molecule has 2 rings (SSSR count). The molecule has 0 radical (unpaired) electrons. The van der Waals surface area contributed by atoms with E-state index in [1.54, 1.807) is 6.92 Å². The van der Waals surface area contributed by atoms with Crippen LogP contribution >= 0.6 is 0 Å². The van der Waals surface area contributed by atoms with Gasteiger partial charge in [0.25, 0.3) is 0 Å². The molecule has 0 spiro atoms. The van der Waals surface area contributed by atoms with Gasteiger partial charge in [-0.05, 0) is 24.5 Å². The summed E-state index contributed by atoms with van der Waals surface area (Å²) in [6.07, 6.45) is 1.06. The third kappa shape index (κ3) is 3.58. The summed E-state index contributed by atoms with van der Waals surface area (Å²) in [6.45, 7) is 8.48. The highest BCUT2D eigenvalue weighted by molar-refractivity contribution is 5.72. The average molecular weight is 276 g/mol. The summed E-state index contributed by atoms with van der Waals surface area (Å²) in [5, 5.41) is 9.05. The highest BCUT2D eigenvalue weighted by Gasteiger charge is 2.25. The van der Waals surface area contributed by atoms with E-state index in [2.05, 4.69) is 36.1 Å². The fourth-order valence-electron chi connectivity index (χ4n) is 2.76. The number of carboxylic acid groups (broad SMARTS) is 1. The number of nitrogens with zero attached hydrogens (tertiary/aromatic N) is 2. The van der Waals surface area contributed by atoms with Crippen molar-refractivity contribution in [1.82, 2.24) is 9.80 Å². The highest BCUT2D eigenvalue weighted by atomic mass is 16.4. The normalized spacial score (nSPS) is 18.9. The van der Waals surface area contributed by atoms with Gasteiger partial charge in [-0.1, -0.05) is 31.2 Å². The molecule has 0 aliphatic carbocycles. The second-order valence-corrected chi connectivity index (χ2v) is 5.45. The van der Waals surface area contributed by atoms with Crippen LogP contribution in [0, 0.1) is 0 Å². The summed E-state index contributed by atoms with van der Waals surface area (Å²) in [4.78, 5) is 15.5. The van der Waals surface area contributed by atoms with Gasteiger partial charge in [-0.25, -0.2) is 0 Å². The van der Waals surface area contributed by atoms with Crippen LogP contribution in [0.4, 0.5) is 0 Å². The predicted octanol–water partition coefficient (Wildman–Crippen LogP) is 1.84.